The van der Waals surface area contributed by atoms with Crippen molar-refractivity contribution in [2.45, 2.75) is 150 Å². The van der Waals surface area contributed by atoms with Gasteiger partial charge in [0.05, 0.1) is 34.0 Å². The maximum absolute atomic E-state index is 5.21. The normalized spacial score (nSPS) is 14.2. The van der Waals surface area contributed by atoms with Crippen molar-refractivity contribution in [3.63, 3.8) is 0 Å². The minimum Gasteiger partial charge on any atom is -0.257 e. The van der Waals surface area contributed by atoms with Gasteiger partial charge in [0.1, 0.15) is 0 Å². The van der Waals surface area contributed by atoms with Crippen LogP contribution in [0.4, 0.5) is 0 Å². The summed E-state index contributed by atoms with van der Waals surface area (Å²) < 4.78 is 0. The van der Waals surface area contributed by atoms with E-state index in [1.54, 1.807) is 0 Å². The molecule has 192 valence electrons. The van der Waals surface area contributed by atoms with Gasteiger partial charge in [-0.25, -0.2) is 0 Å². The maximum atomic E-state index is 5.21. The minimum atomic E-state index is -0.148. The van der Waals surface area contributed by atoms with Crippen LogP contribution >= 0.6 is 0 Å². The summed E-state index contributed by atoms with van der Waals surface area (Å²) in [7, 11) is 0. The topological polar surface area (TPSA) is 56.5 Å². The van der Waals surface area contributed by atoms with E-state index in [0.717, 1.165) is 41.3 Å². The number of nitrogens with zero attached hydrogens (tertiary/aromatic N) is 5. The number of hydrogen-bond acceptors (Lipinski definition) is 4. The fraction of sp³-hybridized carbons (Fsp3) is 0.793. The van der Waals surface area contributed by atoms with Crippen molar-refractivity contribution >= 4 is 0 Å². The van der Waals surface area contributed by atoms with Crippen molar-refractivity contribution in [3.8, 4) is 0 Å². The Kier molecular flexibility index (Phi) is 7.55. The van der Waals surface area contributed by atoms with E-state index in [2.05, 4.69) is 104 Å². The van der Waals surface area contributed by atoms with Crippen LogP contribution in [-0.4, -0.2) is 25.0 Å². The van der Waals surface area contributed by atoms with Crippen LogP contribution in [0.1, 0.15) is 151 Å². The second-order valence-electron chi connectivity index (χ2n) is 14.8. The standard InChI is InChI=1S/C29H51N5/c1-19(2)21-22(25(3,4)5)31-20(18-30-21)28(12,13)16-17-29(14,15)24-23(26(6,7)8)32-34(33-24)27(9,10)11/h18-19H,16-17H2,1-15H3. The Hall–Kier alpha value is -1.78. The lowest BCUT2D eigenvalue weighted by atomic mass is 9.73. The molecule has 0 unspecified atom stereocenters. The van der Waals surface area contributed by atoms with Crippen LogP contribution in [0.2, 0.25) is 0 Å². The van der Waals surface area contributed by atoms with Gasteiger partial charge in [-0.2, -0.15) is 15.0 Å². The lowest BCUT2D eigenvalue weighted by Crippen LogP contribution is -2.30. The highest BCUT2D eigenvalue weighted by Crippen LogP contribution is 2.39. The monoisotopic (exact) mass is 469 g/mol. The Balaban J connectivity index is 2.42. The Morgan fingerprint density at radius 2 is 1.15 bits per heavy atom. The minimum absolute atomic E-state index is 0.0367. The molecule has 0 bridgehead atoms. The summed E-state index contributed by atoms with van der Waals surface area (Å²) >= 11 is 0. The molecule has 0 spiro atoms. The predicted molar refractivity (Wildman–Crippen MR) is 144 cm³/mol. The highest BCUT2D eigenvalue weighted by atomic mass is 15.5. The summed E-state index contributed by atoms with van der Waals surface area (Å²) in [5.74, 6) is 0.360. The lowest BCUT2D eigenvalue weighted by molar-refractivity contribution is 0.301. The molecule has 5 heteroatoms. The summed E-state index contributed by atoms with van der Waals surface area (Å²) in [5.41, 5.74) is 5.07. The molecule has 0 aromatic carbocycles. The highest BCUT2D eigenvalue weighted by Gasteiger charge is 2.37. The number of aromatic nitrogens is 5. The SMILES string of the molecule is CC(C)c1ncc(C(C)(C)CCC(C)(C)c2nn(C(C)(C)C)nc2C(C)(C)C)nc1C(C)(C)C. The van der Waals surface area contributed by atoms with Gasteiger partial charge in [-0.15, -0.1) is 0 Å². The van der Waals surface area contributed by atoms with Crippen molar-refractivity contribution in [2.75, 3.05) is 0 Å². The summed E-state index contributed by atoms with van der Waals surface area (Å²) in [6, 6.07) is 0. The van der Waals surface area contributed by atoms with Gasteiger partial charge in [0, 0.05) is 27.9 Å². The zero-order valence-electron chi connectivity index (χ0n) is 24.8. The van der Waals surface area contributed by atoms with Gasteiger partial charge in [-0.1, -0.05) is 83.1 Å². The fourth-order valence-corrected chi connectivity index (χ4v) is 4.14. The molecule has 2 aromatic rings. The first-order chi connectivity index (χ1) is 15.1. The predicted octanol–water partition coefficient (Wildman–Crippen LogP) is 7.58. The van der Waals surface area contributed by atoms with E-state index in [1.807, 2.05) is 11.0 Å². The lowest BCUT2D eigenvalue weighted by Gasteiger charge is -2.32. The number of hydrogen-bond donors (Lipinski definition) is 0. The van der Waals surface area contributed by atoms with Gasteiger partial charge in [-0.3, -0.25) is 9.97 Å². The third-order valence-electron chi connectivity index (χ3n) is 6.69. The maximum Gasteiger partial charge on any atom is 0.0921 e. The molecule has 0 saturated carbocycles. The van der Waals surface area contributed by atoms with Crippen molar-refractivity contribution in [1.82, 2.24) is 25.0 Å². The van der Waals surface area contributed by atoms with Crippen LogP contribution in [0.25, 0.3) is 0 Å². The largest absolute Gasteiger partial charge is 0.257 e. The van der Waals surface area contributed by atoms with Gasteiger partial charge in [0.15, 0.2) is 0 Å². The Labute approximate surface area is 209 Å². The second kappa shape index (κ2) is 9.02. The van der Waals surface area contributed by atoms with Crippen molar-refractivity contribution in [1.29, 1.82) is 0 Å². The van der Waals surface area contributed by atoms with Gasteiger partial charge >= 0.3 is 0 Å². The Morgan fingerprint density at radius 1 is 0.676 bits per heavy atom. The molecule has 0 amide bonds. The molecule has 0 aliphatic rings. The van der Waals surface area contributed by atoms with Crippen LogP contribution in [0.3, 0.4) is 0 Å². The number of rotatable bonds is 6. The first-order valence-corrected chi connectivity index (χ1v) is 12.9. The van der Waals surface area contributed by atoms with E-state index in [-0.39, 0.29) is 27.2 Å². The van der Waals surface area contributed by atoms with E-state index in [1.165, 1.54) is 0 Å². The smallest absolute Gasteiger partial charge is 0.0921 e. The molecular formula is C29H51N5. The van der Waals surface area contributed by atoms with Crippen LogP contribution < -0.4 is 0 Å². The van der Waals surface area contributed by atoms with E-state index in [4.69, 9.17) is 20.2 Å². The van der Waals surface area contributed by atoms with E-state index in [9.17, 15) is 0 Å². The molecular weight excluding hydrogens is 418 g/mol. The molecule has 34 heavy (non-hydrogen) atoms. The summed E-state index contributed by atoms with van der Waals surface area (Å²) in [4.78, 5) is 12.0. The molecule has 0 atom stereocenters. The zero-order chi connectivity index (χ0) is 26.5. The molecule has 0 N–H and O–H groups in total. The summed E-state index contributed by atoms with van der Waals surface area (Å²) in [5, 5.41) is 10.0. The van der Waals surface area contributed by atoms with Crippen molar-refractivity contribution in [2.24, 2.45) is 0 Å². The molecule has 0 aliphatic carbocycles. The average Bonchev–Trinajstić information content (AvgIpc) is 3.13. The first-order valence-electron chi connectivity index (χ1n) is 12.9. The molecule has 2 heterocycles. The van der Waals surface area contributed by atoms with Crippen LogP contribution in [0, 0.1) is 0 Å². The van der Waals surface area contributed by atoms with Crippen molar-refractivity contribution < 1.29 is 0 Å². The molecule has 2 rings (SSSR count). The third kappa shape index (κ3) is 6.26. The quantitative estimate of drug-likeness (QED) is 0.437. The third-order valence-corrected chi connectivity index (χ3v) is 6.69. The molecule has 0 fully saturated rings. The van der Waals surface area contributed by atoms with Crippen LogP contribution in [0.5, 0.6) is 0 Å². The fourth-order valence-electron chi connectivity index (χ4n) is 4.14. The molecule has 5 nitrogen and oxygen atoms in total. The van der Waals surface area contributed by atoms with E-state index < -0.39 is 0 Å². The highest BCUT2D eigenvalue weighted by molar-refractivity contribution is 5.28. The van der Waals surface area contributed by atoms with Gasteiger partial charge < -0.3 is 0 Å². The first kappa shape index (κ1) is 28.5. The van der Waals surface area contributed by atoms with E-state index >= 15 is 0 Å². The Morgan fingerprint density at radius 3 is 1.59 bits per heavy atom. The Bertz CT molecular complexity index is 989. The van der Waals surface area contributed by atoms with Crippen LogP contribution in [0.15, 0.2) is 6.20 Å². The molecule has 2 aromatic heterocycles. The zero-order valence-corrected chi connectivity index (χ0v) is 24.8. The molecule has 0 saturated heterocycles. The summed E-state index contributed by atoms with van der Waals surface area (Å²) in [6.07, 6.45) is 3.99. The van der Waals surface area contributed by atoms with Gasteiger partial charge in [-0.05, 0) is 39.5 Å². The molecule has 0 radical (unpaired) electrons. The second-order valence-corrected chi connectivity index (χ2v) is 14.8. The van der Waals surface area contributed by atoms with E-state index in [0.29, 0.717) is 5.92 Å². The van der Waals surface area contributed by atoms with Gasteiger partial charge in [0.25, 0.3) is 0 Å². The van der Waals surface area contributed by atoms with Crippen LogP contribution in [-0.2, 0) is 27.2 Å². The molecule has 0 aliphatic heterocycles. The van der Waals surface area contributed by atoms with Gasteiger partial charge in [0.2, 0.25) is 0 Å². The summed E-state index contributed by atoms with van der Waals surface area (Å²) in [6.45, 7) is 33.5. The van der Waals surface area contributed by atoms with Crippen molar-refractivity contribution in [3.05, 3.63) is 34.7 Å². The average molecular weight is 470 g/mol.